The van der Waals surface area contributed by atoms with Gasteiger partial charge >= 0.3 is 0 Å². The summed E-state index contributed by atoms with van der Waals surface area (Å²) >= 11 is 9.41. The number of hydrogen-bond donors (Lipinski definition) is 1. The van der Waals surface area contributed by atoms with Crippen LogP contribution in [0.5, 0.6) is 0 Å². The molecule has 1 N–H and O–H groups in total. The van der Waals surface area contributed by atoms with E-state index in [1.165, 1.54) is 25.7 Å². The van der Waals surface area contributed by atoms with Gasteiger partial charge in [-0.15, -0.1) is 0 Å². The van der Waals surface area contributed by atoms with Crippen molar-refractivity contribution in [1.29, 1.82) is 0 Å². The summed E-state index contributed by atoms with van der Waals surface area (Å²) in [6.45, 7) is 0. The number of halogens is 2. The highest BCUT2D eigenvalue weighted by molar-refractivity contribution is 9.10. The topological polar surface area (TPSA) is 20.2 Å². The molecule has 3 heteroatoms. The molecule has 17 heavy (non-hydrogen) atoms. The van der Waals surface area contributed by atoms with Crippen LogP contribution >= 0.6 is 27.5 Å². The van der Waals surface area contributed by atoms with E-state index in [9.17, 15) is 5.11 Å². The van der Waals surface area contributed by atoms with Gasteiger partial charge in [-0.05, 0) is 36.5 Å². The molecule has 1 aliphatic rings. The molecule has 1 nitrogen and oxygen atoms in total. The fourth-order valence-corrected chi connectivity index (χ4v) is 3.54. The molecule has 1 aliphatic carbocycles. The maximum atomic E-state index is 10.5. The summed E-state index contributed by atoms with van der Waals surface area (Å²) in [5.74, 6) is 0.398. The van der Waals surface area contributed by atoms with Crippen molar-refractivity contribution >= 4 is 27.5 Å². The van der Waals surface area contributed by atoms with Crippen molar-refractivity contribution in [2.75, 3.05) is 0 Å². The molecule has 0 spiro atoms. The van der Waals surface area contributed by atoms with Crippen LogP contribution in [0.1, 0.15) is 50.2 Å². The number of rotatable bonds is 2. The van der Waals surface area contributed by atoms with Gasteiger partial charge in [0.25, 0.3) is 0 Å². The molecule has 0 saturated heterocycles. The van der Waals surface area contributed by atoms with Gasteiger partial charge in [0.2, 0.25) is 0 Å². The van der Waals surface area contributed by atoms with Crippen molar-refractivity contribution < 1.29 is 5.11 Å². The number of aliphatic hydroxyl groups excluding tert-OH is 1. The lowest BCUT2D eigenvalue weighted by molar-refractivity contribution is 0.0981. The van der Waals surface area contributed by atoms with Gasteiger partial charge in [-0.2, -0.15) is 0 Å². The monoisotopic (exact) mass is 316 g/mol. The summed E-state index contributed by atoms with van der Waals surface area (Å²) in [5, 5.41) is 11.2. The van der Waals surface area contributed by atoms with E-state index in [4.69, 9.17) is 11.6 Å². The molecule has 1 aromatic rings. The van der Waals surface area contributed by atoms with Crippen LogP contribution in [-0.2, 0) is 0 Å². The van der Waals surface area contributed by atoms with E-state index in [0.29, 0.717) is 10.9 Å². The Bertz CT molecular complexity index is 372. The molecule has 0 heterocycles. The fourth-order valence-electron chi connectivity index (χ4n) is 2.62. The van der Waals surface area contributed by atoms with Crippen LogP contribution in [0.3, 0.4) is 0 Å². The molecule has 2 rings (SSSR count). The lowest BCUT2D eigenvalue weighted by atomic mass is 9.89. The van der Waals surface area contributed by atoms with Gasteiger partial charge in [0, 0.05) is 9.50 Å². The lowest BCUT2D eigenvalue weighted by Crippen LogP contribution is -2.12. The Kier molecular flexibility index (Phi) is 4.89. The number of hydrogen-bond acceptors (Lipinski definition) is 1. The van der Waals surface area contributed by atoms with Crippen molar-refractivity contribution in [3.63, 3.8) is 0 Å². The highest BCUT2D eigenvalue weighted by Gasteiger charge is 2.23. The highest BCUT2D eigenvalue weighted by atomic mass is 79.9. The van der Waals surface area contributed by atoms with Crippen molar-refractivity contribution in [2.45, 2.75) is 44.6 Å². The van der Waals surface area contributed by atoms with Crippen LogP contribution in [0.2, 0.25) is 5.02 Å². The first-order chi connectivity index (χ1) is 8.18. The Morgan fingerprint density at radius 1 is 1.18 bits per heavy atom. The Balaban J connectivity index is 2.14. The standard InChI is InChI=1S/C14H18BrClO/c15-13-9-11(16)7-8-12(13)14(17)10-5-3-1-2-4-6-10/h7-10,14,17H,1-6H2. The van der Waals surface area contributed by atoms with Crippen LogP contribution in [0.25, 0.3) is 0 Å². The molecule has 94 valence electrons. The molecule has 1 fully saturated rings. The van der Waals surface area contributed by atoms with Crippen LogP contribution in [0, 0.1) is 5.92 Å². The first kappa shape index (κ1) is 13.4. The van der Waals surface area contributed by atoms with Crippen LogP contribution in [-0.4, -0.2) is 5.11 Å². The third-order valence-corrected chi connectivity index (χ3v) is 4.55. The maximum absolute atomic E-state index is 10.5. The summed E-state index contributed by atoms with van der Waals surface area (Å²) in [5.41, 5.74) is 0.973. The van der Waals surface area contributed by atoms with Crippen molar-refractivity contribution in [3.8, 4) is 0 Å². The zero-order chi connectivity index (χ0) is 12.3. The molecule has 0 amide bonds. The molecular formula is C14H18BrClO. The van der Waals surface area contributed by atoms with Crippen LogP contribution in [0.4, 0.5) is 0 Å². The minimum atomic E-state index is -0.361. The number of aliphatic hydroxyl groups is 1. The van der Waals surface area contributed by atoms with Gasteiger partial charge in [-0.25, -0.2) is 0 Å². The van der Waals surface area contributed by atoms with Gasteiger partial charge in [0.05, 0.1) is 6.10 Å². The second-order valence-corrected chi connectivity index (χ2v) is 6.15. The Morgan fingerprint density at radius 2 is 1.82 bits per heavy atom. The third-order valence-electron chi connectivity index (χ3n) is 3.63. The van der Waals surface area contributed by atoms with Crippen molar-refractivity contribution in [1.82, 2.24) is 0 Å². The molecule has 1 atom stereocenters. The van der Waals surface area contributed by atoms with Crippen molar-refractivity contribution in [2.24, 2.45) is 5.92 Å². The van der Waals surface area contributed by atoms with Gasteiger partial charge in [-0.3, -0.25) is 0 Å². The first-order valence-electron chi connectivity index (χ1n) is 6.31. The molecule has 1 aromatic carbocycles. The Labute approximate surface area is 116 Å². The largest absolute Gasteiger partial charge is 0.388 e. The third kappa shape index (κ3) is 3.46. The van der Waals surface area contributed by atoms with Gasteiger partial charge < -0.3 is 5.11 Å². The number of benzene rings is 1. The summed E-state index contributed by atoms with van der Waals surface area (Å²) in [4.78, 5) is 0. The van der Waals surface area contributed by atoms with Crippen LogP contribution in [0.15, 0.2) is 22.7 Å². The van der Waals surface area contributed by atoms with Gasteiger partial charge in [0.15, 0.2) is 0 Å². The van der Waals surface area contributed by atoms with E-state index in [1.807, 2.05) is 18.2 Å². The Morgan fingerprint density at radius 3 is 2.41 bits per heavy atom. The minimum Gasteiger partial charge on any atom is -0.388 e. The molecule has 0 bridgehead atoms. The fraction of sp³-hybridized carbons (Fsp3) is 0.571. The van der Waals surface area contributed by atoms with Gasteiger partial charge in [-0.1, -0.05) is 59.3 Å². The summed E-state index contributed by atoms with van der Waals surface area (Å²) in [7, 11) is 0. The average Bonchev–Trinajstić information content (AvgIpc) is 2.56. The second kappa shape index (κ2) is 6.21. The van der Waals surface area contributed by atoms with E-state index in [1.54, 1.807) is 0 Å². The first-order valence-corrected chi connectivity index (χ1v) is 7.48. The SMILES string of the molecule is OC(c1ccc(Cl)cc1Br)C1CCCCCC1. The smallest absolute Gasteiger partial charge is 0.0829 e. The van der Waals surface area contributed by atoms with E-state index >= 15 is 0 Å². The van der Waals surface area contributed by atoms with E-state index < -0.39 is 0 Å². The Hall–Kier alpha value is -0.0500. The predicted octanol–water partition coefficient (Wildman–Crippen LogP) is 5.11. The van der Waals surface area contributed by atoms with Crippen LogP contribution < -0.4 is 0 Å². The second-order valence-electron chi connectivity index (χ2n) is 4.86. The zero-order valence-electron chi connectivity index (χ0n) is 9.83. The predicted molar refractivity (Wildman–Crippen MR) is 75.3 cm³/mol. The average molecular weight is 318 g/mol. The highest BCUT2D eigenvalue weighted by Crippen LogP contribution is 2.37. The summed E-state index contributed by atoms with van der Waals surface area (Å²) in [6.07, 6.45) is 7.02. The van der Waals surface area contributed by atoms with Gasteiger partial charge in [0.1, 0.15) is 0 Å². The summed E-state index contributed by atoms with van der Waals surface area (Å²) < 4.78 is 0.918. The zero-order valence-corrected chi connectivity index (χ0v) is 12.2. The molecule has 0 radical (unpaired) electrons. The lowest BCUT2D eigenvalue weighted by Gasteiger charge is -2.22. The molecule has 1 unspecified atom stereocenters. The molecule has 1 saturated carbocycles. The normalized spacial score (nSPS) is 19.9. The molecule has 0 aromatic heterocycles. The summed E-state index contributed by atoms with van der Waals surface area (Å²) in [6, 6.07) is 5.64. The maximum Gasteiger partial charge on any atom is 0.0829 e. The molecular weight excluding hydrogens is 300 g/mol. The van der Waals surface area contributed by atoms with Crippen molar-refractivity contribution in [3.05, 3.63) is 33.3 Å². The van der Waals surface area contributed by atoms with E-state index in [0.717, 1.165) is 22.9 Å². The quantitative estimate of drug-likeness (QED) is 0.752. The minimum absolute atomic E-state index is 0.361. The molecule has 0 aliphatic heterocycles. The van der Waals surface area contributed by atoms with E-state index in [2.05, 4.69) is 15.9 Å². The van der Waals surface area contributed by atoms with E-state index in [-0.39, 0.29) is 6.10 Å².